The summed E-state index contributed by atoms with van der Waals surface area (Å²) < 4.78 is 2.17. The molecule has 1 aliphatic heterocycles. The number of likely N-dealkylation sites (N-methyl/N-ethyl adjacent to an activating group) is 1. The Bertz CT molecular complexity index is 456. The van der Waals surface area contributed by atoms with Gasteiger partial charge in [-0.05, 0) is 58.6 Å². The second kappa shape index (κ2) is 11.1. The molecule has 2 rings (SSSR count). The first-order chi connectivity index (χ1) is 11.8. The highest BCUT2D eigenvalue weighted by Gasteiger charge is 2.11. The Balaban J connectivity index is 1.64. The SMILES string of the molecule is CCNC(=NCCCN1CCCN(C)CC1)NCCn1cccc1. The molecule has 0 bridgehead atoms. The van der Waals surface area contributed by atoms with Crippen molar-refractivity contribution in [2.45, 2.75) is 26.3 Å². The van der Waals surface area contributed by atoms with Gasteiger partial charge in [0.2, 0.25) is 0 Å². The van der Waals surface area contributed by atoms with E-state index in [0.29, 0.717) is 0 Å². The molecule has 2 heterocycles. The maximum absolute atomic E-state index is 4.70. The molecule has 0 amide bonds. The van der Waals surface area contributed by atoms with Crippen molar-refractivity contribution in [2.75, 3.05) is 59.4 Å². The Morgan fingerprint density at radius 2 is 1.88 bits per heavy atom. The van der Waals surface area contributed by atoms with Crippen LogP contribution in [0.5, 0.6) is 0 Å². The van der Waals surface area contributed by atoms with Crippen molar-refractivity contribution in [3.63, 3.8) is 0 Å². The normalized spacial score (nSPS) is 17.7. The van der Waals surface area contributed by atoms with Crippen LogP contribution in [0.25, 0.3) is 0 Å². The molecule has 1 fully saturated rings. The summed E-state index contributed by atoms with van der Waals surface area (Å²) in [5, 5.41) is 6.74. The number of nitrogens with zero attached hydrogens (tertiary/aromatic N) is 4. The molecule has 0 spiro atoms. The molecule has 6 nitrogen and oxygen atoms in total. The van der Waals surface area contributed by atoms with E-state index in [-0.39, 0.29) is 0 Å². The standard InChI is InChI=1S/C18H34N6/c1-3-19-18(21-9-15-23-11-4-5-12-23)20-8-6-13-24-14-7-10-22(2)16-17-24/h4-5,11-12H,3,6-10,13-17H2,1-2H3,(H2,19,20,21). The van der Waals surface area contributed by atoms with Gasteiger partial charge in [-0.25, -0.2) is 0 Å². The molecule has 0 atom stereocenters. The average Bonchev–Trinajstić information content (AvgIpc) is 3.00. The molecule has 24 heavy (non-hydrogen) atoms. The van der Waals surface area contributed by atoms with Crippen molar-refractivity contribution in [1.29, 1.82) is 0 Å². The molecule has 1 aromatic heterocycles. The van der Waals surface area contributed by atoms with E-state index in [9.17, 15) is 0 Å². The molecule has 0 saturated carbocycles. The van der Waals surface area contributed by atoms with E-state index in [2.05, 4.69) is 63.5 Å². The Morgan fingerprint density at radius 3 is 2.67 bits per heavy atom. The van der Waals surface area contributed by atoms with Crippen molar-refractivity contribution in [2.24, 2.45) is 4.99 Å². The molecular formula is C18H34N6. The van der Waals surface area contributed by atoms with Crippen LogP contribution < -0.4 is 10.6 Å². The summed E-state index contributed by atoms with van der Waals surface area (Å²) in [6.45, 7) is 11.7. The van der Waals surface area contributed by atoms with Gasteiger partial charge in [-0.15, -0.1) is 0 Å². The first-order valence-electron chi connectivity index (χ1n) is 9.32. The van der Waals surface area contributed by atoms with Gasteiger partial charge in [0.1, 0.15) is 0 Å². The first kappa shape index (κ1) is 18.8. The van der Waals surface area contributed by atoms with Gasteiger partial charge in [0.15, 0.2) is 5.96 Å². The lowest BCUT2D eigenvalue weighted by Crippen LogP contribution is -2.39. The van der Waals surface area contributed by atoms with Crippen LogP contribution in [0.2, 0.25) is 0 Å². The molecule has 0 aliphatic carbocycles. The Kier molecular flexibility index (Phi) is 8.70. The minimum atomic E-state index is 0.880. The highest BCUT2D eigenvalue weighted by Crippen LogP contribution is 2.01. The predicted octanol–water partition coefficient (Wildman–Crippen LogP) is 1.07. The van der Waals surface area contributed by atoms with Gasteiger partial charge in [0.05, 0.1) is 0 Å². The summed E-state index contributed by atoms with van der Waals surface area (Å²) in [7, 11) is 2.22. The lowest BCUT2D eigenvalue weighted by atomic mass is 10.3. The zero-order chi connectivity index (χ0) is 17.0. The number of rotatable bonds is 8. The van der Waals surface area contributed by atoms with Crippen LogP contribution in [0, 0.1) is 0 Å². The van der Waals surface area contributed by atoms with Gasteiger partial charge < -0.3 is 25.0 Å². The van der Waals surface area contributed by atoms with E-state index in [1.807, 2.05) is 0 Å². The zero-order valence-corrected chi connectivity index (χ0v) is 15.4. The summed E-state index contributed by atoms with van der Waals surface area (Å²) in [4.78, 5) is 9.70. The molecule has 0 aromatic carbocycles. The van der Waals surface area contributed by atoms with Crippen LogP contribution in [-0.2, 0) is 6.54 Å². The molecule has 136 valence electrons. The lowest BCUT2D eigenvalue weighted by Gasteiger charge is -2.19. The summed E-state index contributed by atoms with van der Waals surface area (Å²) >= 11 is 0. The lowest BCUT2D eigenvalue weighted by molar-refractivity contribution is 0.275. The number of aliphatic imine (C=N–C) groups is 1. The number of aromatic nitrogens is 1. The second-order valence-electron chi connectivity index (χ2n) is 6.46. The van der Waals surface area contributed by atoms with Crippen LogP contribution in [0.15, 0.2) is 29.5 Å². The molecule has 0 radical (unpaired) electrons. The predicted molar refractivity (Wildman–Crippen MR) is 102 cm³/mol. The van der Waals surface area contributed by atoms with Gasteiger partial charge in [0, 0.05) is 51.7 Å². The van der Waals surface area contributed by atoms with Crippen LogP contribution in [0.3, 0.4) is 0 Å². The largest absolute Gasteiger partial charge is 0.357 e. The van der Waals surface area contributed by atoms with E-state index in [1.165, 1.54) is 32.6 Å². The quantitative estimate of drug-likeness (QED) is 0.424. The Hall–Kier alpha value is -1.53. The third-order valence-corrected chi connectivity index (χ3v) is 4.39. The van der Waals surface area contributed by atoms with Crippen molar-refractivity contribution in [3.8, 4) is 0 Å². The molecule has 1 aromatic rings. The van der Waals surface area contributed by atoms with Crippen LogP contribution in [0.4, 0.5) is 0 Å². The summed E-state index contributed by atoms with van der Waals surface area (Å²) in [6, 6.07) is 4.11. The zero-order valence-electron chi connectivity index (χ0n) is 15.4. The van der Waals surface area contributed by atoms with E-state index < -0.39 is 0 Å². The van der Waals surface area contributed by atoms with Gasteiger partial charge in [0.25, 0.3) is 0 Å². The number of guanidine groups is 1. The van der Waals surface area contributed by atoms with Gasteiger partial charge in [-0.3, -0.25) is 4.99 Å². The topological polar surface area (TPSA) is 47.8 Å². The number of hydrogen-bond donors (Lipinski definition) is 2. The highest BCUT2D eigenvalue weighted by molar-refractivity contribution is 5.79. The van der Waals surface area contributed by atoms with E-state index in [4.69, 9.17) is 4.99 Å². The van der Waals surface area contributed by atoms with Gasteiger partial charge in [-0.2, -0.15) is 0 Å². The monoisotopic (exact) mass is 334 g/mol. The third-order valence-electron chi connectivity index (χ3n) is 4.39. The summed E-state index contributed by atoms with van der Waals surface area (Å²) in [5.41, 5.74) is 0. The summed E-state index contributed by atoms with van der Waals surface area (Å²) in [6.07, 6.45) is 6.58. The van der Waals surface area contributed by atoms with Crippen molar-refractivity contribution < 1.29 is 0 Å². The average molecular weight is 335 g/mol. The molecule has 2 N–H and O–H groups in total. The van der Waals surface area contributed by atoms with Crippen LogP contribution in [-0.4, -0.2) is 79.7 Å². The van der Waals surface area contributed by atoms with Crippen molar-refractivity contribution in [1.82, 2.24) is 25.0 Å². The Labute approximate surface area is 146 Å². The van der Waals surface area contributed by atoms with Gasteiger partial charge >= 0.3 is 0 Å². The molecule has 0 unspecified atom stereocenters. The number of nitrogens with one attached hydrogen (secondary N) is 2. The third kappa shape index (κ3) is 7.36. The molecule has 1 saturated heterocycles. The van der Waals surface area contributed by atoms with Crippen molar-refractivity contribution >= 4 is 5.96 Å². The maximum atomic E-state index is 4.70. The van der Waals surface area contributed by atoms with Crippen LogP contribution >= 0.6 is 0 Å². The molecule has 1 aliphatic rings. The van der Waals surface area contributed by atoms with E-state index >= 15 is 0 Å². The summed E-state index contributed by atoms with van der Waals surface area (Å²) in [5.74, 6) is 0.931. The van der Waals surface area contributed by atoms with Crippen LogP contribution in [0.1, 0.15) is 19.8 Å². The highest BCUT2D eigenvalue weighted by atomic mass is 15.2. The van der Waals surface area contributed by atoms with E-state index in [1.54, 1.807) is 0 Å². The van der Waals surface area contributed by atoms with E-state index in [0.717, 1.165) is 45.1 Å². The molecule has 6 heteroatoms. The fourth-order valence-corrected chi connectivity index (χ4v) is 2.97. The second-order valence-corrected chi connectivity index (χ2v) is 6.46. The first-order valence-corrected chi connectivity index (χ1v) is 9.32. The Morgan fingerprint density at radius 1 is 1.04 bits per heavy atom. The maximum Gasteiger partial charge on any atom is 0.191 e. The minimum Gasteiger partial charge on any atom is -0.357 e. The smallest absolute Gasteiger partial charge is 0.191 e. The molecular weight excluding hydrogens is 300 g/mol. The fourth-order valence-electron chi connectivity index (χ4n) is 2.97. The van der Waals surface area contributed by atoms with Gasteiger partial charge in [-0.1, -0.05) is 0 Å². The fraction of sp³-hybridized carbons (Fsp3) is 0.722. The van der Waals surface area contributed by atoms with Crippen molar-refractivity contribution in [3.05, 3.63) is 24.5 Å². The number of hydrogen-bond acceptors (Lipinski definition) is 3. The minimum absolute atomic E-state index is 0.880.